The lowest BCUT2D eigenvalue weighted by molar-refractivity contribution is 0.409. The molecule has 1 aromatic carbocycles. The van der Waals surface area contributed by atoms with Gasteiger partial charge >= 0.3 is 0 Å². The van der Waals surface area contributed by atoms with Gasteiger partial charge in [0.05, 0.1) is 5.39 Å². The molecule has 0 radical (unpaired) electrons. The number of aromatic nitrogens is 2. The number of benzene rings is 1. The molecule has 5 heteroatoms. The van der Waals surface area contributed by atoms with Gasteiger partial charge < -0.3 is 11.1 Å². The van der Waals surface area contributed by atoms with Crippen LogP contribution in [0.25, 0.3) is 10.8 Å². The molecule has 0 spiro atoms. The van der Waals surface area contributed by atoms with Gasteiger partial charge in [-0.15, -0.1) is 0 Å². The molecule has 3 rings (SSSR count). The normalized spacial score (nSPS) is 23.4. The number of fused-ring (bicyclic) bond motifs is 1. The summed E-state index contributed by atoms with van der Waals surface area (Å²) in [6, 6.07) is 8.11. The van der Waals surface area contributed by atoms with Crippen molar-refractivity contribution in [3.63, 3.8) is 0 Å². The van der Waals surface area contributed by atoms with E-state index in [0.29, 0.717) is 11.4 Å². The molecule has 1 unspecified atom stereocenters. The van der Waals surface area contributed by atoms with E-state index in [1.165, 1.54) is 0 Å². The number of nitrogens with one attached hydrogen (secondary N) is 2. The minimum atomic E-state index is -0.151. The summed E-state index contributed by atoms with van der Waals surface area (Å²) in [6.45, 7) is 0. The van der Waals surface area contributed by atoms with Crippen LogP contribution in [0.15, 0.2) is 29.1 Å². The summed E-state index contributed by atoms with van der Waals surface area (Å²) in [5, 5.41) is 11.6. The molecule has 100 valence electrons. The average Bonchev–Trinajstić information content (AvgIpc) is 2.42. The molecule has 0 saturated heterocycles. The van der Waals surface area contributed by atoms with Crippen LogP contribution < -0.4 is 16.6 Å². The Bertz CT molecular complexity index is 637. The molecule has 0 bridgehead atoms. The van der Waals surface area contributed by atoms with Crippen LogP contribution in [-0.2, 0) is 0 Å². The van der Waals surface area contributed by atoms with Crippen molar-refractivity contribution in [2.45, 2.75) is 37.8 Å². The molecule has 1 aromatic heterocycles. The van der Waals surface area contributed by atoms with E-state index < -0.39 is 0 Å². The SMILES string of the molecule is N[C@@H]1CCCC(Nc2n[nH]c(=O)c3ccccc23)C1. The summed E-state index contributed by atoms with van der Waals surface area (Å²) in [5.41, 5.74) is 5.85. The van der Waals surface area contributed by atoms with E-state index in [2.05, 4.69) is 15.5 Å². The van der Waals surface area contributed by atoms with Crippen molar-refractivity contribution in [3.8, 4) is 0 Å². The largest absolute Gasteiger partial charge is 0.365 e. The molecule has 1 fully saturated rings. The fraction of sp³-hybridized carbons (Fsp3) is 0.429. The number of H-pyrrole nitrogens is 1. The number of hydrogen-bond acceptors (Lipinski definition) is 4. The minimum Gasteiger partial charge on any atom is -0.365 e. The predicted molar refractivity (Wildman–Crippen MR) is 76.2 cm³/mol. The highest BCUT2D eigenvalue weighted by atomic mass is 16.1. The van der Waals surface area contributed by atoms with Crippen LogP contribution >= 0.6 is 0 Å². The average molecular weight is 258 g/mol. The van der Waals surface area contributed by atoms with Gasteiger partial charge in [-0.2, -0.15) is 5.10 Å². The van der Waals surface area contributed by atoms with E-state index in [0.717, 1.165) is 36.9 Å². The van der Waals surface area contributed by atoms with Gasteiger partial charge in [0, 0.05) is 17.5 Å². The molecule has 0 aliphatic heterocycles. The smallest absolute Gasteiger partial charge is 0.272 e. The quantitative estimate of drug-likeness (QED) is 0.764. The second-order valence-corrected chi connectivity index (χ2v) is 5.21. The summed E-state index contributed by atoms with van der Waals surface area (Å²) < 4.78 is 0. The number of aromatic amines is 1. The molecule has 1 saturated carbocycles. The number of hydrogen-bond donors (Lipinski definition) is 3. The van der Waals surface area contributed by atoms with E-state index in [1.807, 2.05) is 24.3 Å². The Balaban J connectivity index is 1.93. The van der Waals surface area contributed by atoms with Crippen LogP contribution in [-0.4, -0.2) is 22.3 Å². The fourth-order valence-corrected chi connectivity index (χ4v) is 2.78. The summed E-state index contributed by atoms with van der Waals surface area (Å²) in [5.74, 6) is 0.745. The molecule has 19 heavy (non-hydrogen) atoms. The van der Waals surface area contributed by atoms with Crippen molar-refractivity contribution in [2.24, 2.45) is 5.73 Å². The fourth-order valence-electron chi connectivity index (χ4n) is 2.78. The van der Waals surface area contributed by atoms with E-state index in [1.54, 1.807) is 0 Å². The topological polar surface area (TPSA) is 83.8 Å². The Kier molecular flexibility index (Phi) is 3.21. The van der Waals surface area contributed by atoms with Crippen LogP contribution in [0.5, 0.6) is 0 Å². The van der Waals surface area contributed by atoms with Crippen molar-refractivity contribution in [2.75, 3.05) is 5.32 Å². The van der Waals surface area contributed by atoms with E-state index in [4.69, 9.17) is 5.73 Å². The van der Waals surface area contributed by atoms with Crippen molar-refractivity contribution >= 4 is 16.6 Å². The molecule has 1 aliphatic carbocycles. The monoisotopic (exact) mass is 258 g/mol. The lowest BCUT2D eigenvalue weighted by atomic mass is 9.91. The van der Waals surface area contributed by atoms with Gasteiger partial charge in [0.15, 0.2) is 5.82 Å². The molecular formula is C14H18N4O. The maximum atomic E-state index is 11.7. The van der Waals surface area contributed by atoms with Crippen LogP contribution in [0.1, 0.15) is 25.7 Å². The zero-order valence-corrected chi connectivity index (χ0v) is 10.7. The Morgan fingerprint density at radius 1 is 1.26 bits per heavy atom. The predicted octanol–water partition coefficient (Wildman–Crippen LogP) is 1.60. The van der Waals surface area contributed by atoms with Gasteiger partial charge in [0.1, 0.15) is 0 Å². The highest BCUT2D eigenvalue weighted by Gasteiger charge is 2.20. The molecule has 2 aromatic rings. The van der Waals surface area contributed by atoms with Crippen LogP contribution in [0.3, 0.4) is 0 Å². The number of nitrogens with two attached hydrogens (primary N) is 1. The maximum Gasteiger partial charge on any atom is 0.272 e. The molecule has 0 amide bonds. The zero-order chi connectivity index (χ0) is 13.2. The van der Waals surface area contributed by atoms with Gasteiger partial charge in [-0.3, -0.25) is 4.79 Å². The first kappa shape index (κ1) is 12.2. The van der Waals surface area contributed by atoms with Crippen molar-refractivity contribution < 1.29 is 0 Å². The third-order valence-electron chi connectivity index (χ3n) is 3.75. The second-order valence-electron chi connectivity index (χ2n) is 5.21. The Hall–Kier alpha value is -1.88. The standard InChI is InChI=1S/C14H18N4O/c15-9-4-3-5-10(8-9)16-13-11-6-1-2-7-12(11)14(19)18-17-13/h1-2,6-7,9-10H,3-5,8,15H2,(H,16,17)(H,18,19)/t9-,10?/m1/s1. The first-order valence-electron chi connectivity index (χ1n) is 6.73. The maximum absolute atomic E-state index is 11.7. The van der Waals surface area contributed by atoms with Gasteiger partial charge in [-0.05, 0) is 31.7 Å². The minimum absolute atomic E-state index is 0.151. The summed E-state index contributed by atoms with van der Waals surface area (Å²) in [6.07, 6.45) is 4.29. The van der Waals surface area contributed by atoms with Crippen LogP contribution in [0.2, 0.25) is 0 Å². The van der Waals surface area contributed by atoms with E-state index in [-0.39, 0.29) is 11.6 Å². The van der Waals surface area contributed by atoms with Crippen molar-refractivity contribution in [1.29, 1.82) is 0 Å². The Morgan fingerprint density at radius 3 is 2.84 bits per heavy atom. The number of rotatable bonds is 2. The van der Waals surface area contributed by atoms with E-state index >= 15 is 0 Å². The van der Waals surface area contributed by atoms with Gasteiger partial charge in [0.2, 0.25) is 0 Å². The lowest BCUT2D eigenvalue weighted by Crippen LogP contribution is -2.35. The first-order valence-corrected chi connectivity index (χ1v) is 6.73. The summed E-state index contributed by atoms with van der Waals surface area (Å²) in [4.78, 5) is 11.7. The van der Waals surface area contributed by atoms with E-state index in [9.17, 15) is 4.79 Å². The highest BCUT2D eigenvalue weighted by Crippen LogP contribution is 2.23. The van der Waals surface area contributed by atoms with Gasteiger partial charge in [-0.25, -0.2) is 5.10 Å². The third-order valence-corrected chi connectivity index (χ3v) is 3.75. The zero-order valence-electron chi connectivity index (χ0n) is 10.7. The van der Waals surface area contributed by atoms with Crippen molar-refractivity contribution in [1.82, 2.24) is 10.2 Å². The lowest BCUT2D eigenvalue weighted by Gasteiger charge is -2.27. The Labute approximate surface area is 111 Å². The highest BCUT2D eigenvalue weighted by molar-refractivity contribution is 5.90. The molecular weight excluding hydrogens is 240 g/mol. The molecule has 5 nitrogen and oxygen atoms in total. The molecule has 1 heterocycles. The molecule has 4 N–H and O–H groups in total. The molecule has 1 aliphatic rings. The molecule has 2 atom stereocenters. The first-order chi connectivity index (χ1) is 9.24. The second kappa shape index (κ2) is 5.01. The summed E-state index contributed by atoms with van der Waals surface area (Å²) in [7, 11) is 0. The van der Waals surface area contributed by atoms with Crippen LogP contribution in [0, 0.1) is 0 Å². The van der Waals surface area contributed by atoms with Gasteiger partial charge in [-0.1, -0.05) is 18.2 Å². The number of nitrogens with zero attached hydrogens (tertiary/aromatic N) is 1. The number of anilines is 1. The van der Waals surface area contributed by atoms with Crippen molar-refractivity contribution in [3.05, 3.63) is 34.6 Å². The summed E-state index contributed by atoms with van der Waals surface area (Å²) >= 11 is 0. The van der Waals surface area contributed by atoms with Gasteiger partial charge in [0.25, 0.3) is 5.56 Å². The Morgan fingerprint density at radius 2 is 2.05 bits per heavy atom. The third kappa shape index (κ3) is 2.46. The van der Waals surface area contributed by atoms with Crippen LogP contribution in [0.4, 0.5) is 5.82 Å².